The van der Waals surface area contributed by atoms with Crippen molar-refractivity contribution < 1.29 is 14.3 Å². The second-order valence-electron chi connectivity index (χ2n) is 7.14. The normalized spacial score (nSPS) is 13.7. The van der Waals surface area contributed by atoms with Crippen LogP contribution in [0.1, 0.15) is 22.3 Å². The quantitative estimate of drug-likeness (QED) is 0.247. The molecule has 5 rings (SSSR count). The summed E-state index contributed by atoms with van der Waals surface area (Å²) in [6.45, 7) is 1.23. The lowest BCUT2D eigenvalue weighted by atomic mass is 9.96. The Morgan fingerprint density at radius 3 is 2.14 bits per heavy atom. The third kappa shape index (κ3) is 3.36. The van der Waals surface area contributed by atoms with Crippen LogP contribution in [-0.4, -0.2) is 19.0 Å². The first kappa shape index (κ1) is 17.5. The van der Waals surface area contributed by atoms with Gasteiger partial charge in [0.2, 0.25) is 0 Å². The van der Waals surface area contributed by atoms with E-state index < -0.39 is 0 Å². The molecular weight excluding hydrogens is 360 g/mol. The van der Waals surface area contributed by atoms with Gasteiger partial charge in [-0.3, -0.25) is 4.79 Å². The van der Waals surface area contributed by atoms with E-state index >= 15 is 0 Å². The van der Waals surface area contributed by atoms with Gasteiger partial charge in [-0.05, 0) is 63.5 Å². The van der Waals surface area contributed by atoms with Gasteiger partial charge in [-0.25, -0.2) is 0 Å². The van der Waals surface area contributed by atoms with Gasteiger partial charge in [0.05, 0.1) is 13.2 Å². The van der Waals surface area contributed by atoms with Gasteiger partial charge in [0, 0.05) is 12.0 Å². The Hall–Kier alpha value is -3.59. The fraction of sp³-hybridized carbons (Fsp3) is 0.115. The number of hydrogen-bond donors (Lipinski definition) is 0. The van der Waals surface area contributed by atoms with Crippen molar-refractivity contribution in [2.75, 3.05) is 13.2 Å². The average Bonchev–Trinajstić information content (AvgIpc) is 3.01. The van der Waals surface area contributed by atoms with Crippen LogP contribution in [0.4, 0.5) is 0 Å². The predicted molar refractivity (Wildman–Crippen MR) is 117 cm³/mol. The van der Waals surface area contributed by atoms with E-state index in [9.17, 15) is 4.79 Å². The maximum absolute atomic E-state index is 12.9. The SMILES string of the molecule is O=C(C=Cc1c2ccccc2cc2ccccc12)c1ccc2c(c1)OCCCO2. The lowest BCUT2D eigenvalue weighted by Crippen LogP contribution is -1.98. The van der Waals surface area contributed by atoms with Gasteiger partial charge in [0.1, 0.15) is 0 Å². The molecule has 0 N–H and O–H groups in total. The smallest absolute Gasteiger partial charge is 0.185 e. The molecule has 0 spiro atoms. The number of hydrogen-bond acceptors (Lipinski definition) is 3. The summed E-state index contributed by atoms with van der Waals surface area (Å²) < 4.78 is 11.4. The summed E-state index contributed by atoms with van der Waals surface area (Å²) in [5.41, 5.74) is 1.65. The molecule has 4 aromatic rings. The molecule has 0 saturated carbocycles. The van der Waals surface area contributed by atoms with E-state index in [0.29, 0.717) is 30.3 Å². The summed E-state index contributed by atoms with van der Waals surface area (Å²) in [4.78, 5) is 12.9. The highest BCUT2D eigenvalue weighted by molar-refractivity contribution is 6.12. The van der Waals surface area contributed by atoms with Crippen LogP contribution in [0.15, 0.2) is 78.9 Å². The van der Waals surface area contributed by atoms with Gasteiger partial charge in [0.15, 0.2) is 17.3 Å². The van der Waals surface area contributed by atoms with Gasteiger partial charge in [-0.15, -0.1) is 0 Å². The van der Waals surface area contributed by atoms with Crippen molar-refractivity contribution in [1.82, 2.24) is 0 Å². The molecule has 0 bridgehead atoms. The fourth-order valence-corrected chi connectivity index (χ4v) is 3.80. The Morgan fingerprint density at radius 2 is 1.41 bits per heavy atom. The molecule has 4 aromatic carbocycles. The monoisotopic (exact) mass is 380 g/mol. The topological polar surface area (TPSA) is 35.5 Å². The number of fused-ring (bicyclic) bond motifs is 3. The lowest BCUT2D eigenvalue weighted by Gasteiger charge is -2.09. The van der Waals surface area contributed by atoms with Gasteiger partial charge in [-0.2, -0.15) is 0 Å². The van der Waals surface area contributed by atoms with Crippen LogP contribution in [0.3, 0.4) is 0 Å². The molecule has 0 atom stereocenters. The van der Waals surface area contributed by atoms with Crippen molar-refractivity contribution in [1.29, 1.82) is 0 Å². The molecule has 0 aromatic heterocycles. The van der Waals surface area contributed by atoms with E-state index in [-0.39, 0.29) is 5.78 Å². The maximum atomic E-state index is 12.9. The molecule has 3 heteroatoms. The Balaban J connectivity index is 1.55. The number of ketones is 1. The molecule has 0 amide bonds. The van der Waals surface area contributed by atoms with Gasteiger partial charge in [0.25, 0.3) is 0 Å². The maximum Gasteiger partial charge on any atom is 0.185 e. The van der Waals surface area contributed by atoms with Gasteiger partial charge in [-0.1, -0.05) is 48.5 Å². The van der Waals surface area contributed by atoms with Crippen molar-refractivity contribution in [3.05, 3.63) is 90.0 Å². The molecule has 0 radical (unpaired) electrons. The number of ether oxygens (including phenoxy) is 2. The van der Waals surface area contributed by atoms with Crippen molar-refractivity contribution in [2.24, 2.45) is 0 Å². The van der Waals surface area contributed by atoms with E-state index in [1.165, 1.54) is 0 Å². The number of rotatable bonds is 3. The largest absolute Gasteiger partial charge is 0.490 e. The molecule has 142 valence electrons. The standard InChI is InChI=1S/C26H20O3/c27-24(20-10-13-25-26(17-20)29-15-5-14-28-25)12-11-23-21-8-3-1-6-18(21)16-19-7-2-4-9-22(19)23/h1-4,6-13,16-17H,5,14-15H2. The minimum atomic E-state index is -0.0577. The van der Waals surface area contributed by atoms with E-state index in [1.54, 1.807) is 18.2 Å². The summed E-state index contributed by atoms with van der Waals surface area (Å²) in [5, 5.41) is 4.59. The number of allylic oxidation sites excluding steroid dienone is 1. The minimum absolute atomic E-state index is 0.0577. The van der Waals surface area contributed by atoms with Crippen molar-refractivity contribution in [3.8, 4) is 11.5 Å². The molecule has 1 aliphatic heterocycles. The zero-order chi connectivity index (χ0) is 19.6. The molecule has 29 heavy (non-hydrogen) atoms. The zero-order valence-corrected chi connectivity index (χ0v) is 15.9. The highest BCUT2D eigenvalue weighted by atomic mass is 16.5. The van der Waals surface area contributed by atoms with Crippen LogP contribution < -0.4 is 9.47 Å². The molecular formula is C26H20O3. The molecule has 0 saturated heterocycles. The summed E-state index contributed by atoms with van der Waals surface area (Å²) in [5.74, 6) is 1.28. The van der Waals surface area contributed by atoms with E-state index in [1.807, 2.05) is 36.4 Å². The summed E-state index contributed by atoms with van der Waals surface area (Å²) in [7, 11) is 0. The van der Waals surface area contributed by atoms with Crippen LogP contribution >= 0.6 is 0 Å². The molecule has 1 heterocycles. The summed E-state index contributed by atoms with van der Waals surface area (Å²) in [6.07, 6.45) is 4.41. The van der Waals surface area contributed by atoms with Crippen molar-refractivity contribution in [3.63, 3.8) is 0 Å². The van der Waals surface area contributed by atoms with Crippen LogP contribution in [0.25, 0.3) is 27.6 Å². The van der Waals surface area contributed by atoms with Crippen molar-refractivity contribution in [2.45, 2.75) is 6.42 Å². The first-order valence-electron chi connectivity index (χ1n) is 9.82. The first-order chi connectivity index (χ1) is 14.3. The third-order valence-electron chi connectivity index (χ3n) is 5.25. The Morgan fingerprint density at radius 1 is 0.759 bits per heavy atom. The predicted octanol–water partition coefficient (Wildman–Crippen LogP) is 6.05. The molecule has 1 aliphatic rings. The van der Waals surface area contributed by atoms with Crippen LogP contribution in [0.5, 0.6) is 11.5 Å². The number of carbonyl (C=O) groups is 1. The Labute approximate surface area is 169 Å². The minimum Gasteiger partial charge on any atom is -0.490 e. The summed E-state index contributed by atoms with van der Waals surface area (Å²) >= 11 is 0. The van der Waals surface area contributed by atoms with E-state index in [0.717, 1.165) is 33.5 Å². The third-order valence-corrected chi connectivity index (χ3v) is 5.25. The van der Waals surface area contributed by atoms with Crippen LogP contribution in [0.2, 0.25) is 0 Å². The number of benzene rings is 4. The second kappa shape index (κ2) is 7.44. The Bertz CT molecular complexity index is 1200. The van der Waals surface area contributed by atoms with Crippen molar-refractivity contribution >= 4 is 33.4 Å². The summed E-state index contributed by atoms with van der Waals surface area (Å²) in [6, 6.07) is 24.1. The molecule has 3 nitrogen and oxygen atoms in total. The lowest BCUT2D eigenvalue weighted by molar-refractivity contribution is 0.104. The van der Waals surface area contributed by atoms with E-state index in [2.05, 4.69) is 30.3 Å². The zero-order valence-electron chi connectivity index (χ0n) is 15.9. The molecule has 0 unspecified atom stereocenters. The average molecular weight is 380 g/mol. The van der Waals surface area contributed by atoms with Crippen LogP contribution in [-0.2, 0) is 0 Å². The highest BCUT2D eigenvalue weighted by Gasteiger charge is 2.13. The fourth-order valence-electron chi connectivity index (χ4n) is 3.80. The Kier molecular flexibility index (Phi) is 4.49. The van der Waals surface area contributed by atoms with Crippen LogP contribution in [0, 0.1) is 0 Å². The number of carbonyl (C=O) groups excluding carboxylic acids is 1. The second-order valence-corrected chi connectivity index (χ2v) is 7.14. The van der Waals surface area contributed by atoms with Gasteiger partial charge >= 0.3 is 0 Å². The van der Waals surface area contributed by atoms with Gasteiger partial charge < -0.3 is 9.47 Å². The van der Waals surface area contributed by atoms with E-state index in [4.69, 9.17) is 9.47 Å². The molecule has 0 aliphatic carbocycles. The first-order valence-corrected chi connectivity index (χ1v) is 9.82. The molecule has 0 fully saturated rings. The highest BCUT2D eigenvalue weighted by Crippen LogP contribution is 2.32.